The SMILES string of the molecule is COC(=O)Cc1cc(C)oc1CC(=O)OC. The molecule has 88 valence electrons. The molecule has 0 spiro atoms. The van der Waals surface area contributed by atoms with E-state index < -0.39 is 5.97 Å². The van der Waals surface area contributed by atoms with Crippen molar-refractivity contribution in [3.63, 3.8) is 0 Å². The molecule has 0 aliphatic rings. The van der Waals surface area contributed by atoms with Gasteiger partial charge in [0.25, 0.3) is 0 Å². The molecule has 5 heteroatoms. The molecule has 1 aromatic rings. The van der Waals surface area contributed by atoms with E-state index in [-0.39, 0.29) is 18.8 Å². The highest BCUT2D eigenvalue weighted by Gasteiger charge is 2.16. The zero-order chi connectivity index (χ0) is 12.1. The molecule has 1 aromatic heterocycles. The van der Waals surface area contributed by atoms with Crippen LogP contribution in [0.1, 0.15) is 17.1 Å². The maximum absolute atomic E-state index is 11.1. The van der Waals surface area contributed by atoms with Gasteiger partial charge >= 0.3 is 11.9 Å². The minimum absolute atomic E-state index is 0.0245. The van der Waals surface area contributed by atoms with Crippen molar-refractivity contribution >= 4 is 11.9 Å². The summed E-state index contributed by atoms with van der Waals surface area (Å²) in [6.07, 6.45) is 0.122. The zero-order valence-corrected chi connectivity index (χ0v) is 9.53. The Morgan fingerprint density at radius 1 is 1.19 bits per heavy atom. The van der Waals surface area contributed by atoms with Crippen LogP contribution in [0.25, 0.3) is 0 Å². The summed E-state index contributed by atoms with van der Waals surface area (Å²) in [6, 6.07) is 1.72. The molecule has 0 amide bonds. The Bertz CT molecular complexity index is 356. The predicted molar refractivity (Wildman–Crippen MR) is 54.9 cm³/mol. The molecule has 0 saturated heterocycles. The van der Waals surface area contributed by atoms with E-state index in [4.69, 9.17) is 4.42 Å². The summed E-state index contributed by atoms with van der Waals surface area (Å²) in [4.78, 5) is 22.2. The molecule has 5 nitrogen and oxygen atoms in total. The summed E-state index contributed by atoms with van der Waals surface area (Å²) in [5.74, 6) is 0.333. The third kappa shape index (κ3) is 3.12. The highest BCUT2D eigenvalue weighted by Crippen LogP contribution is 2.17. The van der Waals surface area contributed by atoms with E-state index in [0.717, 1.165) is 0 Å². The topological polar surface area (TPSA) is 65.7 Å². The molecular formula is C11H14O5. The molecular weight excluding hydrogens is 212 g/mol. The zero-order valence-electron chi connectivity index (χ0n) is 9.53. The predicted octanol–water partition coefficient (Wildman–Crippen LogP) is 1.02. The summed E-state index contributed by atoms with van der Waals surface area (Å²) in [6.45, 7) is 1.75. The van der Waals surface area contributed by atoms with Gasteiger partial charge in [-0.15, -0.1) is 0 Å². The first kappa shape index (κ1) is 12.3. The summed E-state index contributed by atoms with van der Waals surface area (Å²) >= 11 is 0. The Labute approximate surface area is 93.3 Å². The van der Waals surface area contributed by atoms with E-state index in [9.17, 15) is 9.59 Å². The fourth-order valence-electron chi connectivity index (χ4n) is 1.35. The van der Waals surface area contributed by atoms with Crippen molar-refractivity contribution in [2.45, 2.75) is 19.8 Å². The standard InChI is InChI=1S/C11H14O5/c1-7-4-8(5-10(12)14-2)9(16-7)6-11(13)15-3/h4H,5-6H2,1-3H3. The van der Waals surface area contributed by atoms with Crippen LogP contribution in [0.2, 0.25) is 0 Å². The molecule has 0 aromatic carbocycles. The molecule has 0 fully saturated rings. The number of carbonyl (C=O) groups is 2. The lowest BCUT2D eigenvalue weighted by Gasteiger charge is -2.00. The maximum Gasteiger partial charge on any atom is 0.313 e. The van der Waals surface area contributed by atoms with Crippen molar-refractivity contribution in [2.75, 3.05) is 14.2 Å². The molecule has 16 heavy (non-hydrogen) atoms. The number of hydrogen-bond donors (Lipinski definition) is 0. The van der Waals surface area contributed by atoms with Crippen molar-refractivity contribution in [1.29, 1.82) is 0 Å². The van der Waals surface area contributed by atoms with Gasteiger partial charge in [-0.3, -0.25) is 9.59 Å². The minimum atomic E-state index is -0.402. The van der Waals surface area contributed by atoms with Crippen LogP contribution in [-0.4, -0.2) is 26.2 Å². The Hall–Kier alpha value is -1.78. The van der Waals surface area contributed by atoms with Gasteiger partial charge in [-0.25, -0.2) is 0 Å². The summed E-state index contributed by atoms with van der Waals surface area (Å²) in [7, 11) is 2.62. The Balaban J connectivity index is 2.82. The first-order valence-electron chi connectivity index (χ1n) is 4.78. The Morgan fingerprint density at radius 3 is 2.31 bits per heavy atom. The van der Waals surface area contributed by atoms with Gasteiger partial charge in [0.05, 0.1) is 20.6 Å². The van der Waals surface area contributed by atoms with Gasteiger partial charge in [0.1, 0.15) is 17.9 Å². The second kappa shape index (κ2) is 5.34. The number of esters is 2. The molecule has 0 saturated carbocycles. The van der Waals surface area contributed by atoms with Gasteiger partial charge < -0.3 is 13.9 Å². The first-order chi connectivity index (χ1) is 7.56. The normalized spacial score (nSPS) is 9.94. The molecule has 1 heterocycles. The quantitative estimate of drug-likeness (QED) is 0.717. The average molecular weight is 226 g/mol. The van der Waals surface area contributed by atoms with Gasteiger partial charge in [0, 0.05) is 5.56 Å². The van der Waals surface area contributed by atoms with Gasteiger partial charge in [-0.2, -0.15) is 0 Å². The highest BCUT2D eigenvalue weighted by molar-refractivity contribution is 5.75. The first-order valence-corrected chi connectivity index (χ1v) is 4.78. The number of carbonyl (C=O) groups excluding carboxylic acids is 2. The van der Waals surface area contributed by atoms with E-state index in [1.54, 1.807) is 13.0 Å². The number of rotatable bonds is 4. The largest absolute Gasteiger partial charge is 0.469 e. The van der Waals surface area contributed by atoms with Crippen LogP contribution in [-0.2, 0) is 31.9 Å². The molecule has 0 bridgehead atoms. The summed E-state index contributed by atoms with van der Waals surface area (Å²) in [5.41, 5.74) is 0.662. The van der Waals surface area contributed by atoms with Crippen LogP contribution in [0.15, 0.2) is 10.5 Å². The van der Waals surface area contributed by atoms with Crippen LogP contribution in [0, 0.1) is 6.92 Å². The number of hydrogen-bond acceptors (Lipinski definition) is 5. The second-order valence-electron chi connectivity index (χ2n) is 3.31. The van der Waals surface area contributed by atoms with Gasteiger partial charge in [-0.05, 0) is 13.0 Å². The summed E-state index contributed by atoms with van der Waals surface area (Å²) < 4.78 is 14.4. The molecule has 0 atom stereocenters. The smallest absolute Gasteiger partial charge is 0.313 e. The molecule has 0 aliphatic carbocycles. The molecule has 0 radical (unpaired) electrons. The van der Waals surface area contributed by atoms with Crippen LogP contribution in [0.5, 0.6) is 0 Å². The average Bonchev–Trinajstić information content (AvgIpc) is 2.58. The van der Waals surface area contributed by atoms with Crippen molar-refractivity contribution < 1.29 is 23.5 Å². The van der Waals surface area contributed by atoms with E-state index >= 15 is 0 Å². The van der Waals surface area contributed by atoms with Crippen molar-refractivity contribution in [2.24, 2.45) is 0 Å². The highest BCUT2D eigenvalue weighted by atomic mass is 16.5. The molecule has 1 rings (SSSR count). The van der Waals surface area contributed by atoms with Crippen molar-refractivity contribution in [3.8, 4) is 0 Å². The van der Waals surface area contributed by atoms with E-state index in [2.05, 4.69) is 9.47 Å². The van der Waals surface area contributed by atoms with E-state index in [1.165, 1.54) is 14.2 Å². The van der Waals surface area contributed by atoms with Gasteiger partial charge in [0.2, 0.25) is 0 Å². The van der Waals surface area contributed by atoms with Crippen LogP contribution < -0.4 is 0 Å². The molecule has 0 unspecified atom stereocenters. The number of aryl methyl sites for hydroxylation is 1. The van der Waals surface area contributed by atoms with E-state index in [1.807, 2.05) is 0 Å². The second-order valence-corrected chi connectivity index (χ2v) is 3.31. The minimum Gasteiger partial charge on any atom is -0.469 e. The van der Waals surface area contributed by atoms with Gasteiger partial charge in [-0.1, -0.05) is 0 Å². The van der Waals surface area contributed by atoms with Crippen molar-refractivity contribution in [1.82, 2.24) is 0 Å². The van der Waals surface area contributed by atoms with Gasteiger partial charge in [0.15, 0.2) is 0 Å². The molecule has 0 aliphatic heterocycles. The maximum atomic E-state index is 11.1. The third-order valence-corrected chi connectivity index (χ3v) is 2.11. The lowest BCUT2D eigenvalue weighted by molar-refractivity contribution is -0.141. The Kier molecular flexibility index (Phi) is 4.10. The van der Waals surface area contributed by atoms with Crippen LogP contribution >= 0.6 is 0 Å². The lowest BCUT2D eigenvalue weighted by Crippen LogP contribution is -2.09. The van der Waals surface area contributed by atoms with E-state index in [0.29, 0.717) is 17.1 Å². The fraction of sp³-hybridized carbons (Fsp3) is 0.455. The summed E-state index contributed by atoms with van der Waals surface area (Å²) in [5, 5.41) is 0. The molecule has 0 N–H and O–H groups in total. The van der Waals surface area contributed by atoms with Crippen LogP contribution in [0.3, 0.4) is 0 Å². The van der Waals surface area contributed by atoms with Crippen molar-refractivity contribution in [3.05, 3.63) is 23.2 Å². The Morgan fingerprint density at radius 2 is 1.75 bits per heavy atom. The number of ether oxygens (including phenoxy) is 2. The fourth-order valence-corrected chi connectivity index (χ4v) is 1.35. The van der Waals surface area contributed by atoms with Crippen LogP contribution in [0.4, 0.5) is 0 Å². The number of furan rings is 1. The lowest BCUT2D eigenvalue weighted by atomic mass is 10.1. The number of methoxy groups -OCH3 is 2. The monoisotopic (exact) mass is 226 g/mol. The third-order valence-electron chi connectivity index (χ3n) is 2.11.